The van der Waals surface area contributed by atoms with Crippen LogP contribution in [0.15, 0.2) is 36.7 Å². The average molecular weight is 321 g/mol. The van der Waals surface area contributed by atoms with Gasteiger partial charge in [0.05, 0.1) is 12.7 Å². The summed E-state index contributed by atoms with van der Waals surface area (Å²) in [4.78, 5) is 13.9. The minimum absolute atomic E-state index is 0.000309. The summed E-state index contributed by atoms with van der Waals surface area (Å²) in [6, 6.07) is 7.46. The summed E-state index contributed by atoms with van der Waals surface area (Å²) in [5.74, 6) is 0.000309. The van der Waals surface area contributed by atoms with E-state index < -0.39 is 0 Å². The van der Waals surface area contributed by atoms with Crippen molar-refractivity contribution in [2.75, 3.05) is 13.6 Å². The topological polar surface area (TPSA) is 50.2 Å². The minimum Gasteiger partial charge on any atom is -0.351 e. The van der Waals surface area contributed by atoms with Gasteiger partial charge in [-0.25, -0.2) is 0 Å². The lowest BCUT2D eigenvalue weighted by molar-refractivity contribution is -0.122. The largest absolute Gasteiger partial charge is 0.351 e. The monoisotopic (exact) mass is 320 g/mol. The van der Waals surface area contributed by atoms with Crippen LogP contribution in [0.2, 0.25) is 5.02 Å². The van der Waals surface area contributed by atoms with Gasteiger partial charge in [0.1, 0.15) is 0 Å². The molecule has 0 saturated heterocycles. The van der Waals surface area contributed by atoms with E-state index in [4.69, 9.17) is 11.6 Å². The van der Waals surface area contributed by atoms with Gasteiger partial charge in [-0.05, 0) is 31.7 Å². The van der Waals surface area contributed by atoms with Crippen LogP contribution in [0.1, 0.15) is 18.1 Å². The predicted molar refractivity (Wildman–Crippen MR) is 87.5 cm³/mol. The molecule has 0 radical (unpaired) electrons. The molecule has 1 N–H and O–H groups in total. The standard InChI is InChI=1S/C16H21ClN4O/c1-3-21-11-14(9-19-21)10-20(2)12-16(22)18-8-13-4-6-15(17)7-5-13/h4-7,9,11H,3,8,10,12H2,1-2H3,(H,18,22). The number of halogens is 1. The number of nitrogens with one attached hydrogen (secondary N) is 1. The molecule has 0 aliphatic rings. The molecule has 1 heterocycles. The Balaban J connectivity index is 1.75. The number of rotatable bonds is 7. The lowest BCUT2D eigenvalue weighted by Gasteiger charge is -2.15. The molecule has 0 aliphatic heterocycles. The Kier molecular flexibility index (Phi) is 5.98. The maximum absolute atomic E-state index is 11.9. The molecule has 1 aromatic carbocycles. The van der Waals surface area contributed by atoms with E-state index in [2.05, 4.69) is 10.4 Å². The number of aromatic nitrogens is 2. The molecule has 1 amide bonds. The van der Waals surface area contributed by atoms with Crippen LogP contribution >= 0.6 is 11.6 Å². The number of hydrogen-bond donors (Lipinski definition) is 1. The van der Waals surface area contributed by atoms with Crippen LogP contribution in [-0.4, -0.2) is 34.2 Å². The molecule has 0 fully saturated rings. The normalized spacial score (nSPS) is 10.9. The number of hydrogen-bond acceptors (Lipinski definition) is 3. The van der Waals surface area contributed by atoms with Crippen LogP contribution in [0.3, 0.4) is 0 Å². The number of nitrogens with zero attached hydrogens (tertiary/aromatic N) is 3. The number of amides is 1. The van der Waals surface area contributed by atoms with Gasteiger partial charge in [0.25, 0.3) is 0 Å². The van der Waals surface area contributed by atoms with E-state index in [9.17, 15) is 4.79 Å². The maximum Gasteiger partial charge on any atom is 0.234 e. The second-order valence-corrected chi connectivity index (χ2v) is 5.72. The Hall–Kier alpha value is -1.85. The minimum atomic E-state index is 0.000309. The molecule has 118 valence electrons. The lowest BCUT2D eigenvalue weighted by Crippen LogP contribution is -2.34. The van der Waals surface area contributed by atoms with Crippen molar-refractivity contribution in [2.45, 2.75) is 26.6 Å². The lowest BCUT2D eigenvalue weighted by atomic mass is 10.2. The fourth-order valence-corrected chi connectivity index (χ4v) is 2.26. The summed E-state index contributed by atoms with van der Waals surface area (Å²) in [5, 5.41) is 7.83. The van der Waals surface area contributed by atoms with E-state index >= 15 is 0 Å². The van der Waals surface area contributed by atoms with E-state index in [0.717, 1.165) is 17.7 Å². The first-order valence-electron chi connectivity index (χ1n) is 7.28. The van der Waals surface area contributed by atoms with Crippen molar-refractivity contribution in [3.05, 3.63) is 52.8 Å². The zero-order chi connectivity index (χ0) is 15.9. The number of likely N-dealkylation sites (N-methyl/N-ethyl adjacent to an activating group) is 1. The highest BCUT2D eigenvalue weighted by molar-refractivity contribution is 6.30. The summed E-state index contributed by atoms with van der Waals surface area (Å²) in [5.41, 5.74) is 2.14. The van der Waals surface area contributed by atoms with Gasteiger partial charge >= 0.3 is 0 Å². The average Bonchev–Trinajstić information content (AvgIpc) is 2.94. The fraction of sp³-hybridized carbons (Fsp3) is 0.375. The van der Waals surface area contributed by atoms with Gasteiger partial charge in [0.15, 0.2) is 0 Å². The van der Waals surface area contributed by atoms with Gasteiger partial charge in [-0.1, -0.05) is 23.7 Å². The smallest absolute Gasteiger partial charge is 0.234 e. The summed E-state index contributed by atoms with van der Waals surface area (Å²) in [6.45, 7) is 4.47. The Labute approximate surface area is 135 Å². The molecule has 2 rings (SSSR count). The van der Waals surface area contributed by atoms with Gasteiger partial charge in [-0.15, -0.1) is 0 Å². The van der Waals surface area contributed by atoms with Crippen molar-refractivity contribution in [1.82, 2.24) is 20.0 Å². The third-order valence-corrected chi connectivity index (χ3v) is 3.53. The highest BCUT2D eigenvalue weighted by atomic mass is 35.5. The molecule has 0 bridgehead atoms. The summed E-state index contributed by atoms with van der Waals surface area (Å²) >= 11 is 5.83. The second kappa shape index (κ2) is 7.96. The molecule has 0 spiro atoms. The van der Waals surface area contributed by atoms with Gasteiger partial charge < -0.3 is 5.32 Å². The summed E-state index contributed by atoms with van der Waals surface area (Å²) in [6.07, 6.45) is 3.84. The van der Waals surface area contributed by atoms with Crippen LogP contribution in [0, 0.1) is 0 Å². The van der Waals surface area contributed by atoms with Gasteiger partial charge in [-0.3, -0.25) is 14.4 Å². The van der Waals surface area contributed by atoms with Crippen molar-refractivity contribution in [2.24, 2.45) is 0 Å². The number of benzene rings is 1. The van der Waals surface area contributed by atoms with Crippen LogP contribution in [0.25, 0.3) is 0 Å². The Morgan fingerprint density at radius 1 is 1.32 bits per heavy atom. The second-order valence-electron chi connectivity index (χ2n) is 5.28. The zero-order valence-electron chi connectivity index (χ0n) is 12.9. The maximum atomic E-state index is 11.9. The predicted octanol–water partition coefficient (Wildman–Crippen LogP) is 2.30. The van der Waals surface area contributed by atoms with Crippen molar-refractivity contribution < 1.29 is 4.79 Å². The third kappa shape index (κ3) is 5.16. The number of carbonyl (C=O) groups is 1. The zero-order valence-corrected chi connectivity index (χ0v) is 13.7. The Morgan fingerprint density at radius 2 is 2.05 bits per heavy atom. The fourth-order valence-electron chi connectivity index (χ4n) is 2.13. The van der Waals surface area contributed by atoms with Crippen LogP contribution < -0.4 is 5.32 Å². The first kappa shape index (κ1) is 16.5. The number of carbonyl (C=O) groups excluding carboxylic acids is 1. The van der Waals surface area contributed by atoms with Crippen molar-refractivity contribution in [3.8, 4) is 0 Å². The quantitative estimate of drug-likeness (QED) is 0.851. The first-order valence-corrected chi connectivity index (χ1v) is 7.65. The highest BCUT2D eigenvalue weighted by Gasteiger charge is 2.08. The first-order chi connectivity index (χ1) is 10.6. The molecule has 0 atom stereocenters. The van der Waals surface area contributed by atoms with E-state index in [1.807, 2.05) is 60.2 Å². The van der Waals surface area contributed by atoms with Gasteiger partial charge in [-0.2, -0.15) is 5.10 Å². The third-order valence-electron chi connectivity index (χ3n) is 3.28. The summed E-state index contributed by atoms with van der Waals surface area (Å²) < 4.78 is 1.88. The molecule has 22 heavy (non-hydrogen) atoms. The van der Waals surface area contributed by atoms with Gasteiger partial charge in [0.2, 0.25) is 5.91 Å². The van der Waals surface area contributed by atoms with Crippen LogP contribution in [-0.2, 0) is 24.4 Å². The van der Waals surface area contributed by atoms with E-state index in [0.29, 0.717) is 24.7 Å². The van der Waals surface area contributed by atoms with Crippen LogP contribution in [0.4, 0.5) is 0 Å². The number of aryl methyl sites for hydroxylation is 1. The Morgan fingerprint density at radius 3 is 2.68 bits per heavy atom. The molecule has 2 aromatic rings. The van der Waals surface area contributed by atoms with Gasteiger partial charge in [0, 0.05) is 36.4 Å². The molecule has 0 aliphatic carbocycles. The SMILES string of the molecule is CCn1cc(CN(C)CC(=O)NCc2ccc(Cl)cc2)cn1. The van der Waals surface area contributed by atoms with Crippen molar-refractivity contribution >= 4 is 17.5 Å². The van der Waals surface area contributed by atoms with E-state index in [1.165, 1.54) is 0 Å². The molecule has 1 aromatic heterocycles. The molecule has 0 saturated carbocycles. The molecule has 0 unspecified atom stereocenters. The molecule has 6 heteroatoms. The highest BCUT2D eigenvalue weighted by Crippen LogP contribution is 2.09. The molecular weight excluding hydrogens is 300 g/mol. The van der Waals surface area contributed by atoms with Crippen molar-refractivity contribution in [1.29, 1.82) is 0 Å². The van der Waals surface area contributed by atoms with E-state index in [-0.39, 0.29) is 5.91 Å². The molecular formula is C16H21ClN4O. The van der Waals surface area contributed by atoms with Crippen LogP contribution in [0.5, 0.6) is 0 Å². The Bertz CT molecular complexity index is 609. The molecule has 5 nitrogen and oxygen atoms in total. The van der Waals surface area contributed by atoms with Crippen molar-refractivity contribution in [3.63, 3.8) is 0 Å². The van der Waals surface area contributed by atoms with E-state index in [1.54, 1.807) is 0 Å². The summed E-state index contributed by atoms with van der Waals surface area (Å²) in [7, 11) is 1.92.